The molecule has 0 aliphatic rings. The number of alkyl halides is 6. The van der Waals surface area contributed by atoms with E-state index in [1.165, 1.54) is 25.1 Å². The normalized spacial score (nSPS) is 13.6. The van der Waals surface area contributed by atoms with Gasteiger partial charge in [0, 0.05) is 6.42 Å². The van der Waals surface area contributed by atoms with Crippen LogP contribution in [0.3, 0.4) is 0 Å². The smallest absolute Gasteiger partial charge is 0.421 e. The Labute approximate surface area is 159 Å². The standard InChI is InChI=1S/C12H20N.C2F6NO4S2/c1-4-13(2,3)11-10-12-8-6-5-7-9-12;3-1(4,5)14(10,11)9-15(12,13)2(6,7)8/h5-9H,4,10-11H2,1-3H3;/q+1;-1. The Kier molecular flexibility index (Phi) is 8.95. The predicted molar refractivity (Wildman–Crippen MR) is 91.0 cm³/mol. The van der Waals surface area contributed by atoms with Crippen LogP contribution in [0.15, 0.2) is 30.3 Å². The van der Waals surface area contributed by atoms with Crippen molar-refractivity contribution >= 4 is 20.0 Å². The average molecular weight is 458 g/mol. The van der Waals surface area contributed by atoms with Gasteiger partial charge in [0.1, 0.15) is 0 Å². The van der Waals surface area contributed by atoms with Crippen molar-refractivity contribution in [3.8, 4) is 0 Å². The molecule has 0 heterocycles. The van der Waals surface area contributed by atoms with Gasteiger partial charge in [0.15, 0.2) is 20.0 Å². The summed E-state index contributed by atoms with van der Waals surface area (Å²) >= 11 is 0. The summed E-state index contributed by atoms with van der Waals surface area (Å²) in [5.41, 5.74) is -11.0. The first-order valence-corrected chi connectivity index (χ1v) is 10.5. The highest BCUT2D eigenvalue weighted by Gasteiger charge is 2.46. The summed E-state index contributed by atoms with van der Waals surface area (Å²) < 4.78 is 110. The molecule has 164 valence electrons. The van der Waals surface area contributed by atoms with Crippen LogP contribution < -0.4 is 0 Å². The van der Waals surface area contributed by atoms with Crippen LogP contribution in [-0.4, -0.2) is 59.5 Å². The van der Waals surface area contributed by atoms with Gasteiger partial charge in [-0.05, 0) is 12.5 Å². The third-order valence-electron chi connectivity index (χ3n) is 3.49. The van der Waals surface area contributed by atoms with Gasteiger partial charge in [0.2, 0.25) is 0 Å². The lowest BCUT2D eigenvalue weighted by Crippen LogP contribution is -2.40. The van der Waals surface area contributed by atoms with Gasteiger partial charge in [-0.2, -0.15) is 26.3 Å². The van der Waals surface area contributed by atoms with Gasteiger partial charge in [-0.25, -0.2) is 16.8 Å². The van der Waals surface area contributed by atoms with Crippen molar-refractivity contribution in [3.05, 3.63) is 40.0 Å². The molecule has 0 fully saturated rings. The number of benzene rings is 1. The van der Waals surface area contributed by atoms with E-state index in [9.17, 15) is 43.2 Å². The lowest BCUT2D eigenvalue weighted by atomic mass is 10.1. The Morgan fingerprint density at radius 2 is 1.25 bits per heavy atom. The summed E-state index contributed by atoms with van der Waals surface area (Å²) in [5, 5.41) is 0. The highest BCUT2D eigenvalue weighted by Crippen LogP contribution is 2.36. The number of hydrogen-bond donors (Lipinski definition) is 0. The van der Waals surface area contributed by atoms with E-state index in [1.807, 2.05) is 0 Å². The minimum absolute atomic E-state index is 0.778. The van der Waals surface area contributed by atoms with Crippen LogP contribution in [0.1, 0.15) is 12.5 Å². The van der Waals surface area contributed by atoms with Crippen LogP contribution >= 0.6 is 0 Å². The molecule has 1 aromatic carbocycles. The van der Waals surface area contributed by atoms with Crippen molar-refractivity contribution in [3.63, 3.8) is 0 Å². The minimum atomic E-state index is -6.72. The number of hydrogen-bond acceptors (Lipinski definition) is 4. The Morgan fingerprint density at radius 1 is 0.857 bits per heavy atom. The van der Waals surface area contributed by atoms with Crippen molar-refractivity contribution in [2.75, 3.05) is 27.2 Å². The van der Waals surface area contributed by atoms with Gasteiger partial charge in [0.25, 0.3) is 0 Å². The number of halogens is 6. The Balaban J connectivity index is 0.000000525. The van der Waals surface area contributed by atoms with Crippen LogP contribution in [0.4, 0.5) is 26.3 Å². The largest absolute Gasteiger partial charge is 0.480 e. The maximum atomic E-state index is 11.4. The molecule has 0 radical (unpaired) electrons. The Morgan fingerprint density at radius 3 is 1.57 bits per heavy atom. The fraction of sp³-hybridized carbons (Fsp3) is 0.571. The zero-order valence-corrected chi connectivity index (χ0v) is 16.8. The van der Waals surface area contributed by atoms with Crippen molar-refractivity contribution < 1.29 is 47.7 Å². The van der Waals surface area contributed by atoms with Gasteiger partial charge in [-0.1, -0.05) is 30.3 Å². The number of likely N-dealkylation sites (N-methyl/N-ethyl adjacent to an activating group) is 1. The van der Waals surface area contributed by atoms with E-state index in [-0.39, 0.29) is 0 Å². The van der Waals surface area contributed by atoms with E-state index in [0.717, 1.165) is 8.61 Å². The van der Waals surface area contributed by atoms with E-state index >= 15 is 0 Å². The lowest BCUT2D eigenvalue weighted by molar-refractivity contribution is -0.888. The first-order valence-electron chi connectivity index (χ1n) is 7.57. The van der Waals surface area contributed by atoms with Gasteiger partial charge >= 0.3 is 11.0 Å². The van der Waals surface area contributed by atoms with Gasteiger partial charge in [-0.15, -0.1) is 0 Å². The maximum Gasteiger partial charge on any atom is 0.480 e. The molecular weight excluding hydrogens is 438 g/mol. The molecular formula is C14H20F6N2O4S2. The molecule has 0 aromatic heterocycles. The Bertz CT molecular complexity index is 778. The fourth-order valence-corrected chi connectivity index (χ4v) is 3.16. The van der Waals surface area contributed by atoms with Crippen LogP contribution in [-0.2, 0) is 26.5 Å². The van der Waals surface area contributed by atoms with Crippen molar-refractivity contribution in [1.82, 2.24) is 0 Å². The highest BCUT2D eigenvalue weighted by molar-refractivity contribution is 8.13. The molecule has 0 N–H and O–H groups in total. The van der Waals surface area contributed by atoms with E-state index in [2.05, 4.69) is 51.4 Å². The Hall–Kier alpha value is -1.38. The number of nitrogens with zero attached hydrogens (tertiary/aromatic N) is 2. The van der Waals surface area contributed by atoms with E-state index in [4.69, 9.17) is 0 Å². The molecule has 6 nitrogen and oxygen atoms in total. The molecule has 0 bridgehead atoms. The second-order valence-electron chi connectivity index (χ2n) is 6.13. The maximum absolute atomic E-state index is 11.4. The third kappa shape index (κ3) is 8.75. The average Bonchev–Trinajstić information content (AvgIpc) is 2.52. The second-order valence-corrected chi connectivity index (χ2v) is 9.55. The zero-order chi connectivity index (χ0) is 22.4. The van der Waals surface area contributed by atoms with Crippen LogP contribution in [0.2, 0.25) is 0 Å². The molecule has 1 rings (SSSR count). The first kappa shape index (κ1) is 26.6. The van der Waals surface area contributed by atoms with Gasteiger partial charge < -0.3 is 8.61 Å². The molecule has 0 amide bonds. The molecule has 0 unspecified atom stereocenters. The van der Waals surface area contributed by atoms with Crippen LogP contribution in [0, 0.1) is 0 Å². The SMILES string of the molecule is CC[N+](C)(C)CCc1ccccc1.O=S(=O)([N-]S(=O)(=O)C(F)(F)F)C(F)(F)F. The lowest BCUT2D eigenvalue weighted by Gasteiger charge is -2.28. The van der Waals surface area contributed by atoms with Crippen LogP contribution in [0.25, 0.3) is 4.13 Å². The predicted octanol–water partition coefficient (Wildman–Crippen LogP) is 3.38. The topological polar surface area (TPSA) is 82.4 Å². The summed E-state index contributed by atoms with van der Waals surface area (Å²) in [6, 6.07) is 10.7. The van der Waals surface area contributed by atoms with Crippen molar-refractivity contribution in [2.24, 2.45) is 0 Å². The molecule has 1 aromatic rings. The summed E-state index contributed by atoms with van der Waals surface area (Å²) in [4.78, 5) is 0. The molecule has 0 aliphatic carbocycles. The number of sulfonamides is 2. The molecule has 0 atom stereocenters. The van der Waals surface area contributed by atoms with E-state index < -0.39 is 31.1 Å². The van der Waals surface area contributed by atoms with Crippen molar-refractivity contribution in [1.29, 1.82) is 0 Å². The van der Waals surface area contributed by atoms with E-state index in [0.29, 0.717) is 0 Å². The first-order chi connectivity index (χ1) is 12.3. The molecule has 0 saturated carbocycles. The highest BCUT2D eigenvalue weighted by atomic mass is 32.3. The number of rotatable bonds is 6. The molecule has 28 heavy (non-hydrogen) atoms. The molecule has 0 aliphatic heterocycles. The summed E-state index contributed by atoms with van der Waals surface area (Å²) in [7, 11) is -8.88. The quantitative estimate of drug-likeness (QED) is 0.483. The second kappa shape index (κ2) is 9.41. The van der Waals surface area contributed by atoms with Crippen LogP contribution in [0.5, 0.6) is 0 Å². The number of quaternary nitrogens is 1. The zero-order valence-electron chi connectivity index (χ0n) is 15.1. The van der Waals surface area contributed by atoms with Crippen molar-refractivity contribution in [2.45, 2.75) is 24.4 Å². The molecule has 0 saturated heterocycles. The summed E-state index contributed by atoms with van der Waals surface area (Å²) in [6.45, 7) is 4.67. The fourth-order valence-electron chi connectivity index (χ4n) is 1.45. The van der Waals surface area contributed by atoms with Gasteiger partial charge in [0.05, 0.1) is 27.2 Å². The monoisotopic (exact) mass is 458 g/mol. The summed E-state index contributed by atoms with van der Waals surface area (Å²) in [5.74, 6) is 0. The van der Waals surface area contributed by atoms with E-state index in [1.54, 1.807) is 0 Å². The molecule has 0 spiro atoms. The van der Waals surface area contributed by atoms with Gasteiger partial charge in [-0.3, -0.25) is 0 Å². The third-order valence-corrected chi connectivity index (χ3v) is 6.23. The summed E-state index contributed by atoms with van der Waals surface area (Å²) in [6.07, 6.45) is 1.18. The minimum Gasteiger partial charge on any atom is -0.421 e. The molecule has 14 heteroatoms.